The largest absolute Gasteiger partial charge is 0.490 e. The molecular formula is C24H30N2O4. The summed E-state index contributed by atoms with van der Waals surface area (Å²) in [6.45, 7) is 7.31. The number of nitrogens with one attached hydrogen (secondary N) is 1. The standard InChI is InChI=1S/C24H30N2O4/c1-4-23(27)26-19-10-8-7-9-18(19)16-20(26)24(28)25-14-13-17-11-12-21(29-5-2)22(15-17)30-6-3/h7-12,15,20H,4-6,13-14,16H2,1-3H3,(H,25,28)/t20-/m1/s1. The van der Waals surface area contributed by atoms with Crippen LogP contribution in [0.3, 0.4) is 0 Å². The zero-order valence-corrected chi connectivity index (χ0v) is 17.9. The van der Waals surface area contributed by atoms with Gasteiger partial charge in [0.25, 0.3) is 0 Å². The molecule has 1 heterocycles. The summed E-state index contributed by atoms with van der Waals surface area (Å²) >= 11 is 0. The molecule has 6 heteroatoms. The number of ether oxygens (including phenoxy) is 2. The van der Waals surface area contributed by atoms with Crippen molar-refractivity contribution in [2.45, 2.75) is 46.1 Å². The van der Waals surface area contributed by atoms with Gasteiger partial charge in [-0.2, -0.15) is 0 Å². The van der Waals surface area contributed by atoms with Crippen LogP contribution in [0, 0.1) is 0 Å². The molecule has 1 atom stereocenters. The van der Waals surface area contributed by atoms with Gasteiger partial charge in [0.05, 0.1) is 13.2 Å². The predicted octanol–water partition coefficient (Wildman–Crippen LogP) is 3.51. The van der Waals surface area contributed by atoms with Gasteiger partial charge in [0, 0.05) is 25.1 Å². The Bertz CT molecular complexity index is 897. The Balaban J connectivity index is 1.63. The molecule has 0 bridgehead atoms. The van der Waals surface area contributed by atoms with E-state index < -0.39 is 6.04 Å². The maximum absolute atomic E-state index is 12.9. The topological polar surface area (TPSA) is 67.9 Å². The van der Waals surface area contributed by atoms with Gasteiger partial charge in [-0.3, -0.25) is 14.5 Å². The zero-order valence-electron chi connectivity index (χ0n) is 17.9. The van der Waals surface area contributed by atoms with Gasteiger partial charge in [0.1, 0.15) is 6.04 Å². The van der Waals surface area contributed by atoms with Crippen LogP contribution in [0.2, 0.25) is 0 Å². The molecule has 0 unspecified atom stereocenters. The highest BCUT2D eigenvalue weighted by atomic mass is 16.5. The Morgan fingerprint density at radius 3 is 2.50 bits per heavy atom. The van der Waals surface area contributed by atoms with Crippen LogP contribution in [-0.2, 0) is 22.4 Å². The van der Waals surface area contributed by atoms with E-state index in [1.807, 2.05) is 63.2 Å². The second kappa shape index (κ2) is 10.1. The lowest BCUT2D eigenvalue weighted by molar-refractivity contribution is -0.126. The van der Waals surface area contributed by atoms with Crippen molar-refractivity contribution in [3.05, 3.63) is 53.6 Å². The SMILES string of the molecule is CCOc1ccc(CCNC(=O)[C@H]2Cc3ccccc3N2C(=O)CC)cc1OCC. The quantitative estimate of drug-likeness (QED) is 0.687. The monoisotopic (exact) mass is 410 g/mol. The summed E-state index contributed by atoms with van der Waals surface area (Å²) in [5.74, 6) is 1.29. The average molecular weight is 411 g/mol. The van der Waals surface area contributed by atoms with Crippen LogP contribution in [0.25, 0.3) is 0 Å². The van der Waals surface area contributed by atoms with Gasteiger partial charge in [-0.15, -0.1) is 0 Å². The molecule has 0 spiro atoms. The minimum atomic E-state index is -0.492. The first kappa shape index (κ1) is 21.7. The summed E-state index contributed by atoms with van der Waals surface area (Å²) < 4.78 is 11.3. The minimum Gasteiger partial charge on any atom is -0.490 e. The summed E-state index contributed by atoms with van der Waals surface area (Å²) in [5, 5.41) is 3.00. The molecule has 2 aromatic carbocycles. The Kier molecular flexibility index (Phi) is 7.33. The number of hydrogen-bond acceptors (Lipinski definition) is 4. The molecule has 0 saturated carbocycles. The summed E-state index contributed by atoms with van der Waals surface area (Å²) in [6, 6.07) is 13.1. The van der Waals surface area contributed by atoms with Crippen LogP contribution in [0.15, 0.2) is 42.5 Å². The van der Waals surface area contributed by atoms with Crippen molar-refractivity contribution in [3.63, 3.8) is 0 Å². The molecule has 1 aliphatic heterocycles. The number of fused-ring (bicyclic) bond motifs is 1. The van der Waals surface area contributed by atoms with Crippen molar-refractivity contribution in [3.8, 4) is 11.5 Å². The molecule has 160 valence electrons. The second-order valence-corrected chi connectivity index (χ2v) is 7.15. The van der Waals surface area contributed by atoms with Gasteiger partial charge in [0.2, 0.25) is 11.8 Å². The number of carbonyl (C=O) groups excluding carboxylic acids is 2. The number of amides is 2. The van der Waals surface area contributed by atoms with E-state index in [4.69, 9.17) is 9.47 Å². The van der Waals surface area contributed by atoms with Crippen LogP contribution < -0.4 is 19.7 Å². The fourth-order valence-electron chi connectivity index (χ4n) is 3.77. The fourth-order valence-corrected chi connectivity index (χ4v) is 3.77. The number of benzene rings is 2. The van der Waals surface area contributed by atoms with Crippen molar-refractivity contribution in [2.75, 3.05) is 24.7 Å². The van der Waals surface area contributed by atoms with E-state index in [1.54, 1.807) is 4.90 Å². The fraction of sp³-hybridized carbons (Fsp3) is 0.417. The van der Waals surface area contributed by atoms with Crippen LogP contribution in [-0.4, -0.2) is 37.6 Å². The lowest BCUT2D eigenvalue weighted by atomic mass is 10.1. The van der Waals surface area contributed by atoms with Crippen molar-refractivity contribution < 1.29 is 19.1 Å². The number of anilines is 1. The van der Waals surface area contributed by atoms with Crippen molar-refractivity contribution >= 4 is 17.5 Å². The lowest BCUT2D eigenvalue weighted by Gasteiger charge is -2.24. The molecule has 1 N–H and O–H groups in total. The van der Waals surface area contributed by atoms with Crippen molar-refractivity contribution in [2.24, 2.45) is 0 Å². The van der Waals surface area contributed by atoms with Crippen LogP contribution in [0.1, 0.15) is 38.3 Å². The van der Waals surface area contributed by atoms with Gasteiger partial charge in [-0.25, -0.2) is 0 Å². The number of carbonyl (C=O) groups is 2. The van der Waals surface area contributed by atoms with Gasteiger partial charge < -0.3 is 14.8 Å². The number of rotatable bonds is 9. The minimum absolute atomic E-state index is 0.0343. The highest BCUT2D eigenvalue weighted by Crippen LogP contribution is 2.33. The van der Waals surface area contributed by atoms with E-state index in [0.717, 1.165) is 22.6 Å². The third-order valence-electron chi connectivity index (χ3n) is 5.17. The first-order valence-electron chi connectivity index (χ1n) is 10.6. The van der Waals surface area contributed by atoms with E-state index in [-0.39, 0.29) is 11.8 Å². The maximum Gasteiger partial charge on any atom is 0.243 e. The maximum atomic E-state index is 12.9. The highest BCUT2D eigenvalue weighted by Gasteiger charge is 2.37. The van der Waals surface area contributed by atoms with Crippen molar-refractivity contribution in [1.82, 2.24) is 5.32 Å². The summed E-state index contributed by atoms with van der Waals surface area (Å²) in [4.78, 5) is 27.0. The summed E-state index contributed by atoms with van der Waals surface area (Å²) in [7, 11) is 0. The molecule has 30 heavy (non-hydrogen) atoms. The molecule has 2 amide bonds. The van der Waals surface area contributed by atoms with Gasteiger partial charge in [0.15, 0.2) is 11.5 Å². The van der Waals surface area contributed by atoms with Crippen molar-refractivity contribution in [1.29, 1.82) is 0 Å². The molecule has 2 aromatic rings. The third kappa shape index (κ3) is 4.75. The molecule has 1 aliphatic rings. The Morgan fingerprint density at radius 1 is 1.03 bits per heavy atom. The predicted molar refractivity (Wildman–Crippen MR) is 117 cm³/mol. The van der Waals surface area contributed by atoms with E-state index >= 15 is 0 Å². The Hall–Kier alpha value is -3.02. The van der Waals surface area contributed by atoms with Crippen LogP contribution >= 0.6 is 0 Å². The molecule has 0 radical (unpaired) electrons. The van der Waals surface area contributed by atoms with Crippen LogP contribution in [0.4, 0.5) is 5.69 Å². The Labute approximate surface area is 178 Å². The molecule has 0 aromatic heterocycles. The summed E-state index contributed by atoms with van der Waals surface area (Å²) in [5.41, 5.74) is 2.93. The van der Waals surface area contributed by atoms with Gasteiger partial charge in [-0.05, 0) is 49.6 Å². The Morgan fingerprint density at radius 2 is 1.77 bits per heavy atom. The van der Waals surface area contributed by atoms with E-state index in [9.17, 15) is 9.59 Å². The second-order valence-electron chi connectivity index (χ2n) is 7.15. The van der Waals surface area contributed by atoms with E-state index in [0.29, 0.717) is 44.8 Å². The van der Waals surface area contributed by atoms with Gasteiger partial charge >= 0.3 is 0 Å². The van der Waals surface area contributed by atoms with Crippen LogP contribution in [0.5, 0.6) is 11.5 Å². The molecule has 6 nitrogen and oxygen atoms in total. The molecule has 0 saturated heterocycles. The lowest BCUT2D eigenvalue weighted by Crippen LogP contribution is -2.48. The summed E-state index contributed by atoms with van der Waals surface area (Å²) in [6.07, 6.45) is 1.58. The highest BCUT2D eigenvalue weighted by molar-refractivity contribution is 6.03. The molecule has 0 fully saturated rings. The first-order valence-corrected chi connectivity index (χ1v) is 10.6. The zero-order chi connectivity index (χ0) is 21.5. The average Bonchev–Trinajstić information content (AvgIpc) is 3.15. The number of hydrogen-bond donors (Lipinski definition) is 1. The van der Waals surface area contributed by atoms with E-state index in [2.05, 4.69) is 5.32 Å². The first-order chi connectivity index (χ1) is 14.6. The molecule has 0 aliphatic carbocycles. The third-order valence-corrected chi connectivity index (χ3v) is 5.17. The number of para-hydroxylation sites is 1. The molecular weight excluding hydrogens is 380 g/mol. The van der Waals surface area contributed by atoms with Gasteiger partial charge in [-0.1, -0.05) is 31.2 Å². The smallest absolute Gasteiger partial charge is 0.243 e. The molecule has 3 rings (SSSR count). The normalized spacial score (nSPS) is 14.9. The van der Waals surface area contributed by atoms with E-state index in [1.165, 1.54) is 0 Å². The number of nitrogens with zero attached hydrogens (tertiary/aromatic N) is 1.